The van der Waals surface area contributed by atoms with Gasteiger partial charge >= 0.3 is 0 Å². The van der Waals surface area contributed by atoms with Crippen molar-refractivity contribution in [2.45, 2.75) is 31.2 Å². The number of nitrogens with one attached hydrogen (secondary N) is 2. The van der Waals surface area contributed by atoms with Crippen LogP contribution < -0.4 is 14.8 Å². The van der Waals surface area contributed by atoms with Gasteiger partial charge in [-0.05, 0) is 38.1 Å². The van der Waals surface area contributed by atoms with Crippen LogP contribution in [-0.2, 0) is 14.8 Å². The quantitative estimate of drug-likeness (QED) is 0.723. The zero-order chi connectivity index (χ0) is 17.6. The van der Waals surface area contributed by atoms with Crippen molar-refractivity contribution >= 4 is 28.3 Å². The third-order valence-corrected chi connectivity index (χ3v) is 5.37. The molecule has 1 aromatic rings. The summed E-state index contributed by atoms with van der Waals surface area (Å²) in [5.74, 6) is 0.595. The van der Waals surface area contributed by atoms with E-state index < -0.39 is 10.0 Å². The number of nitrogens with zero attached hydrogens (tertiary/aromatic N) is 1. The first-order valence-electron chi connectivity index (χ1n) is 8.16. The number of amides is 1. The number of piperazine rings is 1. The largest absolute Gasteiger partial charge is 0.494 e. The molecule has 1 fully saturated rings. The first kappa shape index (κ1) is 21.7. The number of benzene rings is 1. The van der Waals surface area contributed by atoms with Crippen molar-refractivity contribution in [3.63, 3.8) is 0 Å². The Balaban J connectivity index is 0.00000312. The smallest absolute Gasteiger partial charge is 0.240 e. The van der Waals surface area contributed by atoms with Gasteiger partial charge in [0.05, 0.1) is 11.5 Å². The molecule has 2 rings (SSSR count). The lowest BCUT2D eigenvalue weighted by molar-refractivity contribution is -0.133. The number of carbonyl (C=O) groups is 1. The monoisotopic (exact) mass is 391 g/mol. The van der Waals surface area contributed by atoms with E-state index in [1.54, 1.807) is 17.0 Å². The number of hydrogen-bond donors (Lipinski definition) is 2. The van der Waals surface area contributed by atoms with E-state index in [0.29, 0.717) is 18.9 Å². The topological polar surface area (TPSA) is 87.7 Å². The van der Waals surface area contributed by atoms with Crippen molar-refractivity contribution in [3.8, 4) is 5.75 Å². The predicted molar refractivity (Wildman–Crippen MR) is 98.7 cm³/mol. The van der Waals surface area contributed by atoms with E-state index in [-0.39, 0.29) is 42.2 Å². The SMILES string of the molecule is CCOc1ccc(S(=O)(=O)NCCC(=O)N2CCNC[C@H]2C)cc1.Cl. The van der Waals surface area contributed by atoms with Crippen molar-refractivity contribution < 1.29 is 17.9 Å². The molecule has 1 saturated heterocycles. The Hall–Kier alpha value is -1.35. The van der Waals surface area contributed by atoms with Gasteiger partial charge in [-0.1, -0.05) is 0 Å². The van der Waals surface area contributed by atoms with E-state index in [1.165, 1.54) is 12.1 Å². The summed E-state index contributed by atoms with van der Waals surface area (Å²) in [6.07, 6.45) is 0.153. The molecule has 0 unspecified atom stereocenters. The van der Waals surface area contributed by atoms with E-state index in [2.05, 4.69) is 10.0 Å². The van der Waals surface area contributed by atoms with Crippen LogP contribution in [0.3, 0.4) is 0 Å². The summed E-state index contributed by atoms with van der Waals surface area (Å²) in [5.41, 5.74) is 0. The van der Waals surface area contributed by atoms with Gasteiger partial charge in [0.1, 0.15) is 5.75 Å². The molecule has 0 spiro atoms. The third kappa shape index (κ3) is 6.14. The van der Waals surface area contributed by atoms with E-state index >= 15 is 0 Å². The molecule has 7 nitrogen and oxygen atoms in total. The van der Waals surface area contributed by atoms with Gasteiger partial charge in [0.2, 0.25) is 15.9 Å². The van der Waals surface area contributed by atoms with Crippen LogP contribution in [0, 0.1) is 0 Å². The van der Waals surface area contributed by atoms with Crippen LogP contribution in [0.1, 0.15) is 20.3 Å². The Labute approximate surface area is 155 Å². The number of halogens is 1. The van der Waals surface area contributed by atoms with Gasteiger partial charge in [-0.15, -0.1) is 12.4 Å². The molecule has 1 aromatic carbocycles. The average Bonchev–Trinajstić information content (AvgIpc) is 2.56. The van der Waals surface area contributed by atoms with E-state index in [4.69, 9.17) is 4.74 Å². The van der Waals surface area contributed by atoms with E-state index in [9.17, 15) is 13.2 Å². The molecular formula is C16H26ClN3O4S. The molecular weight excluding hydrogens is 366 g/mol. The van der Waals surface area contributed by atoms with Crippen molar-refractivity contribution in [1.29, 1.82) is 0 Å². The highest BCUT2D eigenvalue weighted by Gasteiger charge is 2.23. The summed E-state index contributed by atoms with van der Waals surface area (Å²) in [6, 6.07) is 6.35. The van der Waals surface area contributed by atoms with Gasteiger partial charge in [-0.2, -0.15) is 0 Å². The third-order valence-electron chi connectivity index (χ3n) is 3.90. The zero-order valence-electron chi connectivity index (χ0n) is 14.5. The van der Waals surface area contributed by atoms with Crippen molar-refractivity contribution in [1.82, 2.24) is 14.9 Å². The number of rotatable bonds is 7. The van der Waals surface area contributed by atoms with Gasteiger partial charge in [-0.3, -0.25) is 4.79 Å². The Kier molecular flexibility index (Phi) is 8.64. The molecule has 0 bridgehead atoms. The first-order chi connectivity index (χ1) is 11.4. The molecule has 1 atom stereocenters. The molecule has 9 heteroatoms. The molecule has 0 aliphatic carbocycles. The summed E-state index contributed by atoms with van der Waals surface area (Å²) >= 11 is 0. The molecule has 1 heterocycles. The molecule has 2 N–H and O–H groups in total. The number of hydrogen-bond acceptors (Lipinski definition) is 5. The molecule has 1 aliphatic heterocycles. The fraction of sp³-hybridized carbons (Fsp3) is 0.562. The van der Waals surface area contributed by atoms with Crippen LogP contribution >= 0.6 is 12.4 Å². The average molecular weight is 392 g/mol. The second kappa shape index (κ2) is 9.96. The fourth-order valence-electron chi connectivity index (χ4n) is 2.61. The second-order valence-corrected chi connectivity index (χ2v) is 7.46. The lowest BCUT2D eigenvalue weighted by Crippen LogP contribution is -2.52. The highest BCUT2D eigenvalue weighted by Crippen LogP contribution is 2.15. The normalized spacial score (nSPS) is 17.7. The van der Waals surface area contributed by atoms with Gasteiger partial charge in [-0.25, -0.2) is 13.1 Å². The Morgan fingerprint density at radius 2 is 2.04 bits per heavy atom. The molecule has 0 saturated carbocycles. The lowest BCUT2D eigenvalue weighted by Gasteiger charge is -2.34. The van der Waals surface area contributed by atoms with Gasteiger partial charge < -0.3 is 15.0 Å². The van der Waals surface area contributed by atoms with Crippen LogP contribution in [-0.4, -0.2) is 58.1 Å². The summed E-state index contributed by atoms with van der Waals surface area (Å²) in [6.45, 7) is 6.65. The molecule has 0 aromatic heterocycles. The van der Waals surface area contributed by atoms with Crippen LogP contribution in [0.15, 0.2) is 29.2 Å². The van der Waals surface area contributed by atoms with Crippen LogP contribution in [0.5, 0.6) is 5.75 Å². The summed E-state index contributed by atoms with van der Waals surface area (Å²) in [7, 11) is -3.62. The van der Waals surface area contributed by atoms with Crippen LogP contribution in [0.25, 0.3) is 0 Å². The molecule has 25 heavy (non-hydrogen) atoms. The summed E-state index contributed by atoms with van der Waals surface area (Å²) in [4.78, 5) is 14.1. The minimum atomic E-state index is -3.62. The number of ether oxygens (including phenoxy) is 1. The lowest BCUT2D eigenvalue weighted by atomic mass is 10.2. The van der Waals surface area contributed by atoms with Gasteiger partial charge in [0.25, 0.3) is 0 Å². The standard InChI is InChI=1S/C16H25N3O4S.ClH/c1-3-23-14-4-6-15(7-5-14)24(21,22)18-9-8-16(20)19-11-10-17-12-13(19)2;/h4-7,13,17-18H,3,8-12H2,1-2H3;1H/t13-;/m1./s1. The van der Waals surface area contributed by atoms with Crippen LogP contribution in [0.2, 0.25) is 0 Å². The molecule has 1 amide bonds. The Morgan fingerprint density at radius 1 is 1.36 bits per heavy atom. The van der Waals surface area contributed by atoms with Gasteiger partial charge in [0, 0.05) is 38.6 Å². The molecule has 142 valence electrons. The highest BCUT2D eigenvalue weighted by atomic mass is 35.5. The minimum absolute atomic E-state index is 0. The second-order valence-electron chi connectivity index (χ2n) is 5.69. The molecule has 1 aliphatic rings. The van der Waals surface area contributed by atoms with Gasteiger partial charge in [0.15, 0.2) is 0 Å². The number of carbonyl (C=O) groups excluding carboxylic acids is 1. The predicted octanol–water partition coefficient (Wildman–Crippen LogP) is 0.996. The Morgan fingerprint density at radius 3 is 2.64 bits per heavy atom. The zero-order valence-corrected chi connectivity index (χ0v) is 16.2. The maximum Gasteiger partial charge on any atom is 0.240 e. The summed E-state index contributed by atoms with van der Waals surface area (Å²) in [5, 5.41) is 3.22. The highest BCUT2D eigenvalue weighted by molar-refractivity contribution is 7.89. The maximum absolute atomic E-state index is 12.2. The minimum Gasteiger partial charge on any atom is -0.494 e. The van der Waals surface area contributed by atoms with E-state index in [0.717, 1.165) is 13.1 Å². The number of sulfonamides is 1. The summed E-state index contributed by atoms with van der Waals surface area (Å²) < 4.78 is 32.2. The first-order valence-corrected chi connectivity index (χ1v) is 9.65. The van der Waals surface area contributed by atoms with Crippen molar-refractivity contribution in [2.75, 3.05) is 32.8 Å². The Bertz CT molecular complexity index is 652. The van der Waals surface area contributed by atoms with Crippen molar-refractivity contribution in [3.05, 3.63) is 24.3 Å². The van der Waals surface area contributed by atoms with Crippen molar-refractivity contribution in [2.24, 2.45) is 0 Å². The van der Waals surface area contributed by atoms with Crippen LogP contribution in [0.4, 0.5) is 0 Å². The fourth-order valence-corrected chi connectivity index (χ4v) is 3.64. The van der Waals surface area contributed by atoms with E-state index in [1.807, 2.05) is 13.8 Å². The maximum atomic E-state index is 12.2. The molecule has 0 radical (unpaired) electrons.